The van der Waals surface area contributed by atoms with Gasteiger partial charge in [0.05, 0.1) is 6.61 Å². The van der Waals surface area contributed by atoms with Crippen LogP contribution in [0.15, 0.2) is 24.3 Å². The van der Waals surface area contributed by atoms with Gasteiger partial charge in [-0.05, 0) is 51.3 Å². The van der Waals surface area contributed by atoms with Crippen molar-refractivity contribution in [3.05, 3.63) is 29.8 Å². The molecule has 1 aromatic rings. The molecule has 0 aromatic heterocycles. The molecule has 1 atom stereocenters. The highest BCUT2D eigenvalue weighted by molar-refractivity contribution is 5.27. The van der Waals surface area contributed by atoms with E-state index in [9.17, 15) is 0 Å². The molecule has 19 heavy (non-hydrogen) atoms. The van der Waals surface area contributed by atoms with E-state index >= 15 is 0 Å². The Bertz CT molecular complexity index is 375. The van der Waals surface area contributed by atoms with Gasteiger partial charge in [-0.15, -0.1) is 0 Å². The molecule has 1 heterocycles. The Hall–Kier alpha value is -1.06. The van der Waals surface area contributed by atoms with Gasteiger partial charge in [-0.3, -0.25) is 0 Å². The largest absolute Gasteiger partial charge is 0.488 e. The molecule has 1 aliphatic rings. The highest BCUT2D eigenvalue weighted by Crippen LogP contribution is 2.18. The second-order valence-corrected chi connectivity index (χ2v) is 6.20. The van der Waals surface area contributed by atoms with Gasteiger partial charge in [-0.2, -0.15) is 0 Å². The molecule has 0 radical (unpaired) electrons. The van der Waals surface area contributed by atoms with Crippen LogP contribution >= 0.6 is 0 Å². The molecule has 1 aromatic carbocycles. The fraction of sp³-hybridized carbons (Fsp3) is 0.625. The van der Waals surface area contributed by atoms with Crippen LogP contribution in [0.25, 0.3) is 0 Å². The van der Waals surface area contributed by atoms with E-state index in [0.717, 1.165) is 31.7 Å². The topological polar surface area (TPSA) is 30.5 Å². The van der Waals surface area contributed by atoms with Crippen LogP contribution in [0.4, 0.5) is 0 Å². The van der Waals surface area contributed by atoms with Gasteiger partial charge in [-0.25, -0.2) is 0 Å². The van der Waals surface area contributed by atoms with E-state index in [4.69, 9.17) is 9.47 Å². The number of hydrogen-bond donors (Lipinski definition) is 1. The zero-order chi connectivity index (χ0) is 13.7. The smallest absolute Gasteiger partial charge is 0.122 e. The molecule has 1 aliphatic heterocycles. The van der Waals surface area contributed by atoms with Gasteiger partial charge in [0.25, 0.3) is 0 Å². The fourth-order valence-corrected chi connectivity index (χ4v) is 2.05. The second kappa shape index (κ2) is 6.40. The summed E-state index contributed by atoms with van der Waals surface area (Å²) >= 11 is 0. The van der Waals surface area contributed by atoms with E-state index in [1.54, 1.807) is 0 Å². The zero-order valence-corrected chi connectivity index (χ0v) is 12.2. The normalized spacial score (nSPS) is 20.3. The van der Waals surface area contributed by atoms with Gasteiger partial charge in [0.2, 0.25) is 0 Å². The van der Waals surface area contributed by atoms with Crippen molar-refractivity contribution in [2.45, 2.75) is 51.8 Å². The van der Waals surface area contributed by atoms with Crippen molar-refractivity contribution >= 4 is 0 Å². The molecule has 1 saturated heterocycles. The minimum absolute atomic E-state index is 0.147. The summed E-state index contributed by atoms with van der Waals surface area (Å²) in [6.07, 6.45) is 2.40. The average Bonchev–Trinajstić information content (AvgIpc) is 2.38. The Kier molecular flexibility index (Phi) is 4.83. The molecule has 0 amide bonds. The van der Waals surface area contributed by atoms with Gasteiger partial charge < -0.3 is 14.8 Å². The molecule has 0 bridgehead atoms. The van der Waals surface area contributed by atoms with Crippen molar-refractivity contribution in [3.8, 4) is 5.75 Å². The van der Waals surface area contributed by atoms with Crippen LogP contribution in [0, 0.1) is 0 Å². The fourth-order valence-electron chi connectivity index (χ4n) is 2.05. The van der Waals surface area contributed by atoms with Crippen LogP contribution < -0.4 is 10.1 Å². The SMILES string of the molecule is CC(C)(C)NCc1ccc(OC2CCCOC2)cc1. The lowest BCUT2D eigenvalue weighted by atomic mass is 10.1. The number of ether oxygens (including phenoxy) is 2. The summed E-state index contributed by atoms with van der Waals surface area (Å²) in [7, 11) is 0. The zero-order valence-electron chi connectivity index (χ0n) is 12.2. The van der Waals surface area contributed by atoms with Crippen LogP contribution in [0.1, 0.15) is 39.2 Å². The van der Waals surface area contributed by atoms with Crippen LogP contribution in [0.5, 0.6) is 5.75 Å². The molecule has 2 rings (SSSR count). The first-order valence-electron chi connectivity index (χ1n) is 7.11. The summed E-state index contributed by atoms with van der Waals surface area (Å²) in [4.78, 5) is 0. The highest BCUT2D eigenvalue weighted by atomic mass is 16.5. The molecule has 0 saturated carbocycles. The van der Waals surface area contributed by atoms with Crippen molar-refractivity contribution in [2.75, 3.05) is 13.2 Å². The molecular formula is C16H25NO2. The summed E-state index contributed by atoms with van der Waals surface area (Å²) in [5.41, 5.74) is 1.43. The molecule has 1 fully saturated rings. The van der Waals surface area contributed by atoms with Crippen LogP contribution in [-0.2, 0) is 11.3 Å². The molecule has 1 unspecified atom stereocenters. The minimum Gasteiger partial charge on any atom is -0.488 e. The van der Waals surface area contributed by atoms with E-state index in [1.807, 2.05) is 12.1 Å². The molecule has 106 valence electrons. The van der Waals surface area contributed by atoms with E-state index in [1.165, 1.54) is 5.56 Å². The lowest BCUT2D eigenvalue weighted by molar-refractivity contribution is 0.00742. The monoisotopic (exact) mass is 263 g/mol. The molecule has 0 aliphatic carbocycles. The van der Waals surface area contributed by atoms with E-state index < -0.39 is 0 Å². The van der Waals surface area contributed by atoms with Gasteiger partial charge in [-0.1, -0.05) is 12.1 Å². The summed E-state index contributed by atoms with van der Waals surface area (Å²) < 4.78 is 11.3. The maximum Gasteiger partial charge on any atom is 0.122 e. The Morgan fingerprint density at radius 2 is 2.00 bits per heavy atom. The Labute approximate surface area is 116 Å². The van der Waals surface area contributed by atoms with Gasteiger partial charge in [0.15, 0.2) is 0 Å². The van der Waals surface area contributed by atoms with Crippen LogP contribution in [0.2, 0.25) is 0 Å². The van der Waals surface area contributed by atoms with E-state index in [0.29, 0.717) is 6.61 Å². The maximum absolute atomic E-state index is 5.91. The van der Waals surface area contributed by atoms with Crippen molar-refractivity contribution < 1.29 is 9.47 Å². The van der Waals surface area contributed by atoms with Crippen LogP contribution in [0.3, 0.4) is 0 Å². The lowest BCUT2D eigenvalue weighted by Crippen LogP contribution is -2.35. The third-order valence-corrected chi connectivity index (χ3v) is 3.17. The molecule has 0 spiro atoms. The van der Waals surface area contributed by atoms with Crippen molar-refractivity contribution in [1.29, 1.82) is 0 Å². The number of rotatable bonds is 4. The first-order chi connectivity index (χ1) is 9.03. The Morgan fingerprint density at radius 1 is 1.26 bits per heavy atom. The predicted molar refractivity (Wildman–Crippen MR) is 77.5 cm³/mol. The number of nitrogens with one attached hydrogen (secondary N) is 1. The first-order valence-corrected chi connectivity index (χ1v) is 7.11. The van der Waals surface area contributed by atoms with Gasteiger partial charge >= 0.3 is 0 Å². The van der Waals surface area contributed by atoms with E-state index in [-0.39, 0.29) is 11.6 Å². The molecule has 3 nitrogen and oxygen atoms in total. The van der Waals surface area contributed by atoms with Crippen molar-refractivity contribution in [2.24, 2.45) is 0 Å². The number of benzene rings is 1. The first kappa shape index (κ1) is 14.4. The summed E-state index contributed by atoms with van der Waals surface area (Å²) in [5, 5.41) is 3.48. The summed E-state index contributed by atoms with van der Waals surface area (Å²) in [6, 6.07) is 8.35. The van der Waals surface area contributed by atoms with E-state index in [2.05, 4.69) is 38.2 Å². The van der Waals surface area contributed by atoms with Crippen LogP contribution in [-0.4, -0.2) is 24.9 Å². The number of hydrogen-bond acceptors (Lipinski definition) is 3. The van der Waals surface area contributed by atoms with Crippen molar-refractivity contribution in [1.82, 2.24) is 5.32 Å². The third-order valence-electron chi connectivity index (χ3n) is 3.17. The summed E-state index contributed by atoms with van der Waals surface area (Å²) in [5.74, 6) is 0.940. The van der Waals surface area contributed by atoms with Gasteiger partial charge in [0.1, 0.15) is 11.9 Å². The molecular weight excluding hydrogens is 238 g/mol. The second-order valence-electron chi connectivity index (χ2n) is 6.20. The Morgan fingerprint density at radius 3 is 2.58 bits per heavy atom. The van der Waals surface area contributed by atoms with Crippen molar-refractivity contribution in [3.63, 3.8) is 0 Å². The lowest BCUT2D eigenvalue weighted by Gasteiger charge is -2.23. The molecule has 3 heteroatoms. The van der Waals surface area contributed by atoms with Gasteiger partial charge in [0, 0.05) is 18.7 Å². The molecule has 1 N–H and O–H groups in total. The third kappa shape index (κ3) is 5.21. The maximum atomic E-state index is 5.91. The highest BCUT2D eigenvalue weighted by Gasteiger charge is 2.15. The average molecular weight is 263 g/mol. The minimum atomic E-state index is 0.147. The summed E-state index contributed by atoms with van der Waals surface area (Å²) in [6.45, 7) is 9.00. The Balaban J connectivity index is 1.83. The standard InChI is InChI=1S/C16H25NO2/c1-16(2,3)17-11-13-6-8-14(9-7-13)19-15-5-4-10-18-12-15/h6-9,15,17H,4-5,10-12H2,1-3H3. The predicted octanol–water partition coefficient (Wildman–Crippen LogP) is 3.13. The quantitative estimate of drug-likeness (QED) is 0.905.